The van der Waals surface area contributed by atoms with E-state index in [1.54, 1.807) is 17.0 Å². The van der Waals surface area contributed by atoms with Crippen molar-refractivity contribution in [1.82, 2.24) is 10.3 Å². The minimum Gasteiger partial charge on any atom is -0.389 e. The second-order valence-corrected chi connectivity index (χ2v) is 5.12. The molecule has 106 valence electrons. The van der Waals surface area contributed by atoms with Gasteiger partial charge in [-0.2, -0.15) is 0 Å². The summed E-state index contributed by atoms with van der Waals surface area (Å²) in [4.78, 5) is 29.8. The Labute approximate surface area is 122 Å². The van der Waals surface area contributed by atoms with Crippen molar-refractivity contribution >= 4 is 34.8 Å². The summed E-state index contributed by atoms with van der Waals surface area (Å²) in [6.07, 6.45) is 0.580. The van der Waals surface area contributed by atoms with Crippen LogP contribution in [0.15, 0.2) is 12.1 Å². The lowest BCUT2D eigenvalue weighted by Gasteiger charge is -2.34. The smallest absolute Gasteiger partial charge is 0.249 e. The lowest BCUT2D eigenvalue weighted by molar-refractivity contribution is -0.132. The van der Waals surface area contributed by atoms with Gasteiger partial charge in [0.25, 0.3) is 0 Å². The van der Waals surface area contributed by atoms with Crippen LogP contribution in [0.3, 0.4) is 0 Å². The molecule has 0 spiro atoms. The molecule has 2 rings (SSSR count). The van der Waals surface area contributed by atoms with Crippen molar-refractivity contribution in [2.75, 3.05) is 11.4 Å². The van der Waals surface area contributed by atoms with Gasteiger partial charge in [-0.25, -0.2) is 4.98 Å². The summed E-state index contributed by atoms with van der Waals surface area (Å²) in [5.41, 5.74) is 7.05. The van der Waals surface area contributed by atoms with E-state index in [-0.39, 0.29) is 23.3 Å². The standard InChI is InChI=1S/C13H16N4O2S/c1-3-9-13(19)16-11(18)6-17(9)10-5-8(12(14)20)4-7(2)15-10/h4-5,9H,3,6H2,1-2H3,(H2,14,20)(H,16,18,19). The van der Waals surface area contributed by atoms with Gasteiger partial charge in [0.1, 0.15) is 16.8 Å². The quantitative estimate of drug-likeness (QED) is 0.614. The molecule has 1 fully saturated rings. The number of hydrogen-bond acceptors (Lipinski definition) is 5. The van der Waals surface area contributed by atoms with Gasteiger partial charge in [-0.3, -0.25) is 14.9 Å². The fourth-order valence-electron chi connectivity index (χ4n) is 2.25. The molecule has 1 aliphatic rings. The summed E-state index contributed by atoms with van der Waals surface area (Å²) in [5.74, 6) is -0.0911. The third kappa shape index (κ3) is 2.77. The normalized spacial score (nSPS) is 18.9. The molecule has 1 unspecified atom stereocenters. The van der Waals surface area contributed by atoms with Crippen LogP contribution in [0.2, 0.25) is 0 Å². The zero-order chi connectivity index (χ0) is 14.9. The Kier molecular flexibility index (Phi) is 3.99. The molecule has 1 aromatic heterocycles. The van der Waals surface area contributed by atoms with Crippen LogP contribution in [-0.2, 0) is 9.59 Å². The Morgan fingerprint density at radius 1 is 1.55 bits per heavy atom. The number of carbonyl (C=O) groups is 2. The van der Waals surface area contributed by atoms with Crippen LogP contribution in [0.1, 0.15) is 24.6 Å². The van der Waals surface area contributed by atoms with E-state index in [1.807, 2.05) is 13.8 Å². The fourth-order valence-corrected chi connectivity index (χ4v) is 2.37. The number of pyridine rings is 1. The molecule has 1 aromatic rings. The molecule has 0 saturated carbocycles. The molecule has 2 amide bonds. The van der Waals surface area contributed by atoms with Crippen molar-refractivity contribution in [3.05, 3.63) is 23.4 Å². The monoisotopic (exact) mass is 292 g/mol. The predicted molar refractivity (Wildman–Crippen MR) is 79.4 cm³/mol. The molecular weight excluding hydrogens is 276 g/mol. The Bertz CT molecular complexity index is 588. The number of nitrogens with zero attached hydrogens (tertiary/aromatic N) is 2. The molecule has 6 nitrogen and oxygen atoms in total. The lowest BCUT2D eigenvalue weighted by atomic mass is 10.1. The van der Waals surface area contributed by atoms with E-state index >= 15 is 0 Å². The van der Waals surface area contributed by atoms with Crippen molar-refractivity contribution < 1.29 is 9.59 Å². The van der Waals surface area contributed by atoms with Gasteiger partial charge < -0.3 is 10.6 Å². The van der Waals surface area contributed by atoms with Crippen molar-refractivity contribution in [1.29, 1.82) is 0 Å². The zero-order valence-corrected chi connectivity index (χ0v) is 12.2. The van der Waals surface area contributed by atoms with Crippen molar-refractivity contribution in [2.45, 2.75) is 26.3 Å². The van der Waals surface area contributed by atoms with Crippen LogP contribution in [-0.4, -0.2) is 34.4 Å². The van der Waals surface area contributed by atoms with E-state index in [9.17, 15) is 9.59 Å². The van der Waals surface area contributed by atoms with Crippen LogP contribution in [0, 0.1) is 6.92 Å². The number of aromatic nitrogens is 1. The summed E-state index contributed by atoms with van der Waals surface area (Å²) in [7, 11) is 0. The molecule has 0 aromatic carbocycles. The predicted octanol–water partition coefficient (Wildman–Crippen LogP) is 0.266. The number of hydrogen-bond donors (Lipinski definition) is 2. The van der Waals surface area contributed by atoms with Crippen molar-refractivity contribution in [3.63, 3.8) is 0 Å². The van der Waals surface area contributed by atoms with Gasteiger partial charge in [-0.15, -0.1) is 0 Å². The number of thiocarbonyl (C=S) groups is 1. The third-order valence-corrected chi connectivity index (χ3v) is 3.40. The van der Waals surface area contributed by atoms with E-state index in [4.69, 9.17) is 18.0 Å². The largest absolute Gasteiger partial charge is 0.389 e. The molecule has 20 heavy (non-hydrogen) atoms. The highest BCUT2D eigenvalue weighted by Crippen LogP contribution is 2.21. The topological polar surface area (TPSA) is 88.3 Å². The van der Waals surface area contributed by atoms with E-state index in [0.29, 0.717) is 17.8 Å². The summed E-state index contributed by atoms with van der Waals surface area (Å²) < 4.78 is 0. The zero-order valence-electron chi connectivity index (χ0n) is 11.3. The second kappa shape index (κ2) is 5.54. The number of rotatable bonds is 3. The number of aryl methyl sites for hydroxylation is 1. The third-order valence-electron chi connectivity index (χ3n) is 3.16. The first-order chi connectivity index (χ1) is 9.42. The highest BCUT2D eigenvalue weighted by molar-refractivity contribution is 7.80. The van der Waals surface area contributed by atoms with Gasteiger partial charge in [0.15, 0.2) is 0 Å². The first-order valence-corrected chi connectivity index (χ1v) is 6.72. The number of carbonyl (C=O) groups excluding carboxylic acids is 2. The van der Waals surface area contributed by atoms with Crippen molar-refractivity contribution in [3.8, 4) is 0 Å². The molecule has 1 saturated heterocycles. The van der Waals surface area contributed by atoms with Crippen LogP contribution in [0.4, 0.5) is 5.82 Å². The highest BCUT2D eigenvalue weighted by Gasteiger charge is 2.33. The van der Waals surface area contributed by atoms with Gasteiger partial charge in [0.05, 0.1) is 6.54 Å². The SMILES string of the molecule is CCC1C(=O)NC(=O)CN1c1cc(C(N)=S)cc(C)n1. The molecule has 0 bridgehead atoms. The Hall–Kier alpha value is -2.02. The molecule has 2 heterocycles. The molecule has 0 aliphatic carbocycles. The average molecular weight is 292 g/mol. The van der Waals surface area contributed by atoms with Gasteiger partial charge in [0.2, 0.25) is 11.8 Å². The second-order valence-electron chi connectivity index (χ2n) is 4.68. The Morgan fingerprint density at radius 2 is 2.25 bits per heavy atom. The highest BCUT2D eigenvalue weighted by atomic mass is 32.1. The number of anilines is 1. The molecule has 3 N–H and O–H groups in total. The fraction of sp³-hybridized carbons (Fsp3) is 0.385. The number of imide groups is 1. The summed E-state index contributed by atoms with van der Waals surface area (Å²) >= 11 is 4.97. The number of piperazine rings is 1. The summed E-state index contributed by atoms with van der Waals surface area (Å²) in [6.45, 7) is 3.80. The molecule has 1 atom stereocenters. The van der Waals surface area contributed by atoms with Crippen LogP contribution in [0.5, 0.6) is 0 Å². The van der Waals surface area contributed by atoms with Gasteiger partial charge >= 0.3 is 0 Å². The maximum atomic E-state index is 11.9. The van der Waals surface area contributed by atoms with Gasteiger partial charge in [-0.1, -0.05) is 19.1 Å². The molecule has 7 heteroatoms. The maximum absolute atomic E-state index is 11.9. The van der Waals surface area contributed by atoms with Crippen LogP contribution >= 0.6 is 12.2 Å². The Morgan fingerprint density at radius 3 is 2.85 bits per heavy atom. The number of nitrogens with one attached hydrogen (secondary N) is 1. The maximum Gasteiger partial charge on any atom is 0.249 e. The first-order valence-electron chi connectivity index (χ1n) is 6.31. The number of nitrogens with two attached hydrogens (primary N) is 1. The number of amides is 2. The lowest BCUT2D eigenvalue weighted by Crippen LogP contribution is -2.58. The first kappa shape index (κ1) is 14.4. The van der Waals surface area contributed by atoms with E-state index in [0.717, 1.165) is 5.69 Å². The van der Waals surface area contributed by atoms with E-state index in [1.165, 1.54) is 0 Å². The Balaban J connectivity index is 2.44. The van der Waals surface area contributed by atoms with Crippen LogP contribution < -0.4 is 16.0 Å². The van der Waals surface area contributed by atoms with Gasteiger partial charge in [0, 0.05) is 11.3 Å². The molecule has 0 radical (unpaired) electrons. The van der Waals surface area contributed by atoms with E-state index < -0.39 is 6.04 Å². The van der Waals surface area contributed by atoms with Crippen LogP contribution in [0.25, 0.3) is 0 Å². The molecular formula is C13H16N4O2S. The summed E-state index contributed by atoms with van der Waals surface area (Å²) in [6, 6.07) is 3.07. The summed E-state index contributed by atoms with van der Waals surface area (Å²) in [5, 5.41) is 2.33. The minimum atomic E-state index is -0.416. The molecule has 1 aliphatic heterocycles. The van der Waals surface area contributed by atoms with Gasteiger partial charge in [-0.05, 0) is 25.5 Å². The average Bonchev–Trinajstić information content (AvgIpc) is 2.37. The minimum absolute atomic E-state index is 0.0947. The van der Waals surface area contributed by atoms with E-state index in [2.05, 4.69) is 10.3 Å². The van der Waals surface area contributed by atoms with Crippen molar-refractivity contribution in [2.24, 2.45) is 5.73 Å².